The summed E-state index contributed by atoms with van der Waals surface area (Å²) in [6.45, 7) is 0.377. The number of carbonyl (C=O) groups is 2. The summed E-state index contributed by atoms with van der Waals surface area (Å²) in [6, 6.07) is 5.28. The van der Waals surface area contributed by atoms with Crippen molar-refractivity contribution >= 4 is 40.4 Å². The van der Waals surface area contributed by atoms with Crippen molar-refractivity contribution < 1.29 is 9.59 Å². The van der Waals surface area contributed by atoms with Gasteiger partial charge in [0, 0.05) is 36.4 Å². The lowest BCUT2D eigenvalue weighted by Crippen LogP contribution is -2.31. The largest absolute Gasteiger partial charge is 0.359 e. The quantitative estimate of drug-likeness (QED) is 0.829. The van der Waals surface area contributed by atoms with E-state index in [9.17, 15) is 9.59 Å². The molecule has 0 fully saturated rings. The molecule has 0 radical (unpaired) electrons. The number of thiol groups is 1. The highest BCUT2D eigenvalue weighted by molar-refractivity contribution is 9.10. The maximum atomic E-state index is 12.1. The van der Waals surface area contributed by atoms with E-state index in [-0.39, 0.29) is 18.2 Å². The van der Waals surface area contributed by atoms with E-state index < -0.39 is 0 Å². The SMILES string of the molecule is CNC(=O)CCN(C)C(=O)c1cc(S)ccc1Br. The van der Waals surface area contributed by atoms with Gasteiger partial charge in [-0.15, -0.1) is 12.6 Å². The summed E-state index contributed by atoms with van der Waals surface area (Å²) < 4.78 is 0.720. The molecule has 0 saturated carbocycles. The fourth-order valence-corrected chi connectivity index (χ4v) is 2.00. The first-order valence-electron chi connectivity index (χ1n) is 5.40. The van der Waals surface area contributed by atoms with E-state index in [1.165, 1.54) is 4.90 Å². The Morgan fingerprint density at radius 2 is 2.11 bits per heavy atom. The smallest absolute Gasteiger partial charge is 0.254 e. The van der Waals surface area contributed by atoms with Crippen LogP contribution in [-0.4, -0.2) is 37.4 Å². The van der Waals surface area contributed by atoms with Gasteiger partial charge in [0.1, 0.15) is 0 Å². The zero-order valence-corrected chi connectivity index (χ0v) is 12.7. The van der Waals surface area contributed by atoms with Gasteiger partial charge in [-0.05, 0) is 34.1 Å². The van der Waals surface area contributed by atoms with Crippen molar-refractivity contribution in [3.63, 3.8) is 0 Å². The Morgan fingerprint density at radius 1 is 1.44 bits per heavy atom. The van der Waals surface area contributed by atoms with Crippen LogP contribution in [0, 0.1) is 0 Å². The Bertz CT molecular complexity index is 465. The second-order valence-electron chi connectivity index (χ2n) is 3.81. The van der Waals surface area contributed by atoms with E-state index >= 15 is 0 Å². The Labute approximate surface area is 120 Å². The topological polar surface area (TPSA) is 49.4 Å². The molecule has 0 aromatic heterocycles. The summed E-state index contributed by atoms with van der Waals surface area (Å²) in [7, 11) is 3.24. The standard InChI is InChI=1S/C12H15BrN2O2S/c1-14-11(16)5-6-15(2)12(17)9-7-8(18)3-4-10(9)13/h3-4,7,18H,5-6H2,1-2H3,(H,14,16). The van der Waals surface area contributed by atoms with Gasteiger partial charge in [-0.2, -0.15) is 0 Å². The van der Waals surface area contributed by atoms with Gasteiger partial charge in [-0.1, -0.05) is 0 Å². The van der Waals surface area contributed by atoms with Crippen LogP contribution in [0.25, 0.3) is 0 Å². The van der Waals surface area contributed by atoms with E-state index in [4.69, 9.17) is 0 Å². The molecule has 0 aliphatic rings. The van der Waals surface area contributed by atoms with E-state index in [1.807, 2.05) is 0 Å². The predicted molar refractivity (Wildman–Crippen MR) is 77.0 cm³/mol. The summed E-state index contributed by atoms with van der Waals surface area (Å²) in [5.74, 6) is -0.224. The summed E-state index contributed by atoms with van der Waals surface area (Å²) in [5, 5.41) is 2.52. The van der Waals surface area contributed by atoms with Gasteiger partial charge >= 0.3 is 0 Å². The van der Waals surface area contributed by atoms with Crippen LogP contribution < -0.4 is 5.32 Å². The average Bonchev–Trinajstić information content (AvgIpc) is 2.37. The van der Waals surface area contributed by atoms with Gasteiger partial charge in [0.05, 0.1) is 5.56 Å². The monoisotopic (exact) mass is 330 g/mol. The van der Waals surface area contributed by atoms with Gasteiger partial charge in [-0.25, -0.2) is 0 Å². The minimum atomic E-state index is -0.137. The van der Waals surface area contributed by atoms with Crippen molar-refractivity contribution in [2.45, 2.75) is 11.3 Å². The molecule has 0 atom stereocenters. The molecule has 98 valence electrons. The summed E-state index contributed by atoms with van der Waals surface area (Å²) in [6.07, 6.45) is 0.289. The van der Waals surface area contributed by atoms with Gasteiger partial charge < -0.3 is 10.2 Å². The van der Waals surface area contributed by atoms with Gasteiger partial charge in [-0.3, -0.25) is 9.59 Å². The van der Waals surface area contributed by atoms with Crippen molar-refractivity contribution in [2.75, 3.05) is 20.6 Å². The van der Waals surface area contributed by atoms with E-state index in [1.54, 1.807) is 32.3 Å². The molecule has 0 unspecified atom stereocenters. The van der Waals surface area contributed by atoms with E-state index in [0.29, 0.717) is 12.1 Å². The second-order valence-corrected chi connectivity index (χ2v) is 5.18. The first-order chi connectivity index (χ1) is 8.45. The Morgan fingerprint density at radius 3 is 2.72 bits per heavy atom. The third-order valence-electron chi connectivity index (χ3n) is 2.48. The molecule has 2 amide bonds. The van der Waals surface area contributed by atoms with Crippen LogP contribution in [0.2, 0.25) is 0 Å². The number of benzene rings is 1. The van der Waals surface area contributed by atoms with Crippen LogP contribution in [0.15, 0.2) is 27.6 Å². The highest BCUT2D eigenvalue weighted by Crippen LogP contribution is 2.21. The Balaban J connectivity index is 2.74. The first-order valence-corrected chi connectivity index (χ1v) is 6.64. The average molecular weight is 331 g/mol. The zero-order valence-electron chi connectivity index (χ0n) is 10.2. The molecule has 0 bridgehead atoms. The number of hydrogen-bond donors (Lipinski definition) is 2. The highest BCUT2D eigenvalue weighted by Gasteiger charge is 2.15. The molecule has 0 heterocycles. The number of halogens is 1. The van der Waals surface area contributed by atoms with Gasteiger partial charge in [0.15, 0.2) is 0 Å². The molecule has 6 heteroatoms. The highest BCUT2D eigenvalue weighted by atomic mass is 79.9. The lowest BCUT2D eigenvalue weighted by molar-refractivity contribution is -0.120. The fraction of sp³-hybridized carbons (Fsp3) is 0.333. The number of rotatable bonds is 4. The number of hydrogen-bond acceptors (Lipinski definition) is 3. The molecule has 0 saturated heterocycles. The molecule has 1 aromatic carbocycles. The van der Waals surface area contributed by atoms with Crippen LogP contribution in [0.5, 0.6) is 0 Å². The van der Waals surface area contributed by atoms with Crippen molar-refractivity contribution in [1.29, 1.82) is 0 Å². The Hall–Kier alpha value is -1.01. The summed E-state index contributed by atoms with van der Waals surface area (Å²) >= 11 is 7.54. The van der Waals surface area contributed by atoms with Crippen LogP contribution in [-0.2, 0) is 4.79 Å². The minimum absolute atomic E-state index is 0.0864. The van der Waals surface area contributed by atoms with Crippen LogP contribution >= 0.6 is 28.6 Å². The van der Waals surface area contributed by atoms with E-state index in [0.717, 1.165) is 9.37 Å². The molecule has 1 aromatic rings. The predicted octanol–water partition coefficient (Wildman–Crippen LogP) is 1.95. The lowest BCUT2D eigenvalue weighted by atomic mass is 10.2. The maximum absolute atomic E-state index is 12.1. The summed E-state index contributed by atoms with van der Waals surface area (Å²) in [5.41, 5.74) is 0.543. The third-order valence-corrected chi connectivity index (χ3v) is 3.45. The lowest BCUT2D eigenvalue weighted by Gasteiger charge is -2.17. The molecular weight excluding hydrogens is 316 g/mol. The first kappa shape index (κ1) is 15.0. The van der Waals surface area contributed by atoms with Crippen molar-refractivity contribution in [3.8, 4) is 0 Å². The van der Waals surface area contributed by atoms with Crippen molar-refractivity contribution in [3.05, 3.63) is 28.2 Å². The molecule has 4 nitrogen and oxygen atoms in total. The minimum Gasteiger partial charge on any atom is -0.359 e. The normalized spacial score (nSPS) is 10.0. The van der Waals surface area contributed by atoms with Gasteiger partial charge in [0.25, 0.3) is 5.91 Å². The number of nitrogens with zero attached hydrogens (tertiary/aromatic N) is 1. The summed E-state index contributed by atoms with van der Waals surface area (Å²) in [4.78, 5) is 25.5. The van der Waals surface area contributed by atoms with Crippen LogP contribution in [0.3, 0.4) is 0 Å². The number of nitrogens with one attached hydrogen (secondary N) is 1. The van der Waals surface area contributed by atoms with Crippen molar-refractivity contribution in [1.82, 2.24) is 10.2 Å². The zero-order chi connectivity index (χ0) is 13.7. The second kappa shape index (κ2) is 6.80. The molecule has 0 spiro atoms. The Kier molecular flexibility index (Phi) is 5.68. The number of carbonyl (C=O) groups excluding carboxylic acids is 2. The van der Waals surface area contributed by atoms with E-state index in [2.05, 4.69) is 33.9 Å². The fourth-order valence-electron chi connectivity index (χ4n) is 1.38. The molecule has 0 aliphatic carbocycles. The van der Waals surface area contributed by atoms with Gasteiger partial charge in [0.2, 0.25) is 5.91 Å². The molecule has 1 N–H and O–H groups in total. The molecule has 0 aliphatic heterocycles. The third kappa shape index (κ3) is 4.03. The number of amides is 2. The van der Waals surface area contributed by atoms with Crippen LogP contribution in [0.4, 0.5) is 0 Å². The van der Waals surface area contributed by atoms with Crippen molar-refractivity contribution in [2.24, 2.45) is 0 Å². The maximum Gasteiger partial charge on any atom is 0.254 e. The van der Waals surface area contributed by atoms with Crippen LogP contribution in [0.1, 0.15) is 16.8 Å². The molecular formula is C12H15BrN2O2S. The molecule has 1 rings (SSSR count). The molecule has 18 heavy (non-hydrogen) atoms.